The van der Waals surface area contributed by atoms with Gasteiger partial charge in [-0.25, -0.2) is 0 Å². The van der Waals surface area contributed by atoms with Gasteiger partial charge in [0.15, 0.2) is 0 Å². The fourth-order valence-corrected chi connectivity index (χ4v) is 2.60. The monoisotopic (exact) mass is 337 g/mol. The molecular formula is C14H27NO8. The fourth-order valence-electron chi connectivity index (χ4n) is 2.60. The van der Waals surface area contributed by atoms with Crippen LogP contribution in [0.5, 0.6) is 0 Å². The Morgan fingerprint density at radius 2 is 1.74 bits per heavy atom. The summed E-state index contributed by atoms with van der Waals surface area (Å²) in [6.07, 6.45) is -7.77. The van der Waals surface area contributed by atoms with Gasteiger partial charge in [0.2, 0.25) is 5.91 Å². The van der Waals surface area contributed by atoms with Crippen molar-refractivity contribution in [1.29, 1.82) is 0 Å². The van der Waals surface area contributed by atoms with Crippen LogP contribution in [0.25, 0.3) is 0 Å². The minimum Gasteiger partial charge on any atom is -0.391 e. The largest absolute Gasteiger partial charge is 0.391 e. The number of hydrogen-bond donors (Lipinski definition) is 6. The van der Waals surface area contributed by atoms with Crippen molar-refractivity contribution in [2.24, 2.45) is 0 Å². The Hall–Kier alpha value is -0.810. The van der Waals surface area contributed by atoms with Crippen LogP contribution in [0, 0.1) is 0 Å². The van der Waals surface area contributed by atoms with Crippen LogP contribution in [0.3, 0.4) is 0 Å². The summed E-state index contributed by atoms with van der Waals surface area (Å²) in [5.74, 6) is -0.410. The smallest absolute Gasteiger partial charge is 0.217 e. The Bertz CT molecular complexity index is 378. The van der Waals surface area contributed by atoms with Crippen LogP contribution in [-0.2, 0) is 14.3 Å². The molecule has 0 radical (unpaired) electrons. The number of methoxy groups -OCH3 is 1. The lowest BCUT2D eigenvalue weighted by molar-refractivity contribution is -0.198. The number of aliphatic hydroxyl groups is 5. The molecule has 0 aromatic carbocycles. The molecule has 1 aliphatic rings. The van der Waals surface area contributed by atoms with E-state index in [1.165, 1.54) is 21.0 Å². The molecule has 9 heteroatoms. The van der Waals surface area contributed by atoms with E-state index in [1.54, 1.807) is 0 Å². The maximum Gasteiger partial charge on any atom is 0.217 e. The van der Waals surface area contributed by atoms with E-state index >= 15 is 0 Å². The van der Waals surface area contributed by atoms with Crippen molar-refractivity contribution >= 4 is 5.91 Å². The van der Waals surface area contributed by atoms with Gasteiger partial charge in [-0.2, -0.15) is 0 Å². The molecule has 8 unspecified atom stereocenters. The zero-order chi connectivity index (χ0) is 17.7. The highest BCUT2D eigenvalue weighted by atomic mass is 16.5. The van der Waals surface area contributed by atoms with E-state index in [-0.39, 0.29) is 13.0 Å². The second-order valence-corrected chi connectivity index (χ2v) is 5.89. The van der Waals surface area contributed by atoms with E-state index in [4.69, 9.17) is 9.47 Å². The number of aliphatic hydroxyl groups excluding tert-OH is 5. The van der Waals surface area contributed by atoms with Crippen LogP contribution < -0.4 is 5.32 Å². The molecule has 23 heavy (non-hydrogen) atoms. The third-order valence-electron chi connectivity index (χ3n) is 4.01. The van der Waals surface area contributed by atoms with Crippen LogP contribution in [0.1, 0.15) is 20.3 Å². The maximum atomic E-state index is 11.2. The third-order valence-corrected chi connectivity index (χ3v) is 4.01. The summed E-state index contributed by atoms with van der Waals surface area (Å²) in [7, 11) is 1.37. The lowest BCUT2D eigenvalue weighted by atomic mass is 9.87. The van der Waals surface area contributed by atoms with E-state index in [9.17, 15) is 30.3 Å². The van der Waals surface area contributed by atoms with Gasteiger partial charge in [-0.15, -0.1) is 0 Å². The maximum absolute atomic E-state index is 11.2. The van der Waals surface area contributed by atoms with Gasteiger partial charge in [-0.1, -0.05) is 0 Å². The zero-order valence-corrected chi connectivity index (χ0v) is 13.5. The van der Waals surface area contributed by atoms with Crippen molar-refractivity contribution in [3.05, 3.63) is 0 Å². The highest BCUT2D eigenvalue weighted by Crippen LogP contribution is 2.25. The number of amides is 1. The molecule has 1 fully saturated rings. The van der Waals surface area contributed by atoms with Gasteiger partial charge in [0, 0.05) is 20.5 Å². The summed E-state index contributed by atoms with van der Waals surface area (Å²) in [6.45, 7) is 2.45. The molecule has 9 nitrogen and oxygen atoms in total. The van der Waals surface area contributed by atoms with Gasteiger partial charge in [-0.05, 0) is 6.92 Å². The number of ether oxygens (including phenoxy) is 2. The molecular weight excluding hydrogens is 310 g/mol. The first-order valence-corrected chi connectivity index (χ1v) is 7.50. The number of carbonyl (C=O) groups is 1. The first-order chi connectivity index (χ1) is 10.7. The molecule has 0 bridgehead atoms. The minimum atomic E-state index is -1.43. The van der Waals surface area contributed by atoms with Crippen molar-refractivity contribution in [3.8, 4) is 0 Å². The molecule has 0 aliphatic heterocycles. The minimum absolute atomic E-state index is 0.132. The zero-order valence-electron chi connectivity index (χ0n) is 13.5. The Morgan fingerprint density at radius 3 is 2.22 bits per heavy atom. The predicted octanol–water partition coefficient (Wildman–Crippen LogP) is -2.88. The molecule has 136 valence electrons. The highest BCUT2D eigenvalue weighted by molar-refractivity contribution is 5.73. The van der Waals surface area contributed by atoms with Gasteiger partial charge in [-0.3, -0.25) is 4.79 Å². The van der Waals surface area contributed by atoms with Crippen molar-refractivity contribution in [3.63, 3.8) is 0 Å². The van der Waals surface area contributed by atoms with Crippen LogP contribution in [0.15, 0.2) is 0 Å². The van der Waals surface area contributed by atoms with Crippen molar-refractivity contribution in [1.82, 2.24) is 5.32 Å². The molecule has 6 N–H and O–H groups in total. The van der Waals surface area contributed by atoms with Crippen molar-refractivity contribution < 1.29 is 39.8 Å². The molecule has 0 spiro atoms. The normalized spacial score (nSPS) is 35.4. The van der Waals surface area contributed by atoms with E-state index in [1.807, 2.05) is 0 Å². The molecule has 1 saturated carbocycles. The number of nitrogens with one attached hydrogen (secondary N) is 1. The molecule has 0 aromatic rings. The standard InChI is InChI=1S/C14H27NO8/c1-6(16)11(18)8(15-7(2)17)5-23-10-4-9(22-3)12(19)14(21)13(10)20/h6,8-14,16,18-21H,4-5H2,1-3H3,(H,15,17). The van der Waals surface area contributed by atoms with Gasteiger partial charge in [0.05, 0.1) is 31.0 Å². The molecule has 1 amide bonds. The fraction of sp³-hybridized carbons (Fsp3) is 0.929. The van der Waals surface area contributed by atoms with Crippen LogP contribution in [0.4, 0.5) is 0 Å². The van der Waals surface area contributed by atoms with Crippen LogP contribution in [0.2, 0.25) is 0 Å². The summed E-state index contributed by atoms with van der Waals surface area (Å²) < 4.78 is 10.5. The van der Waals surface area contributed by atoms with Gasteiger partial charge < -0.3 is 40.3 Å². The van der Waals surface area contributed by atoms with E-state index in [0.29, 0.717) is 0 Å². The Morgan fingerprint density at radius 1 is 1.17 bits per heavy atom. The van der Waals surface area contributed by atoms with E-state index in [2.05, 4.69) is 5.32 Å². The summed E-state index contributed by atoms with van der Waals surface area (Å²) in [6, 6.07) is -0.885. The van der Waals surface area contributed by atoms with Crippen molar-refractivity contribution in [2.75, 3.05) is 13.7 Å². The number of rotatable bonds is 7. The lowest BCUT2D eigenvalue weighted by Gasteiger charge is -2.40. The molecule has 0 heterocycles. The first kappa shape index (κ1) is 20.2. The van der Waals surface area contributed by atoms with Gasteiger partial charge in [0.25, 0.3) is 0 Å². The Labute approximate surface area is 134 Å². The highest BCUT2D eigenvalue weighted by Gasteiger charge is 2.43. The third kappa shape index (κ3) is 5.35. The molecule has 8 atom stereocenters. The van der Waals surface area contributed by atoms with Gasteiger partial charge >= 0.3 is 0 Å². The second kappa shape index (κ2) is 8.88. The first-order valence-electron chi connectivity index (χ1n) is 7.50. The van der Waals surface area contributed by atoms with Crippen molar-refractivity contribution in [2.45, 2.75) is 69.0 Å². The topological polar surface area (TPSA) is 149 Å². The van der Waals surface area contributed by atoms with E-state index in [0.717, 1.165) is 0 Å². The molecule has 1 aliphatic carbocycles. The number of hydrogen-bond acceptors (Lipinski definition) is 8. The Kier molecular flexibility index (Phi) is 7.81. The molecule has 0 saturated heterocycles. The average molecular weight is 337 g/mol. The van der Waals surface area contributed by atoms with Crippen LogP contribution in [-0.4, -0.2) is 93.9 Å². The molecule has 1 rings (SSSR count). The van der Waals surface area contributed by atoms with Gasteiger partial charge in [0.1, 0.15) is 24.4 Å². The summed E-state index contributed by atoms with van der Waals surface area (Å²) in [4.78, 5) is 11.2. The predicted molar refractivity (Wildman–Crippen MR) is 78.5 cm³/mol. The average Bonchev–Trinajstić information content (AvgIpc) is 2.49. The number of carbonyl (C=O) groups excluding carboxylic acids is 1. The summed E-state index contributed by atoms with van der Waals surface area (Å²) in [5.41, 5.74) is 0. The quantitative estimate of drug-likeness (QED) is 0.290. The lowest BCUT2D eigenvalue weighted by Crippen LogP contribution is -2.58. The molecule has 0 aromatic heterocycles. The summed E-state index contributed by atoms with van der Waals surface area (Å²) in [5, 5.41) is 51.4. The summed E-state index contributed by atoms with van der Waals surface area (Å²) >= 11 is 0. The van der Waals surface area contributed by atoms with E-state index < -0.39 is 54.7 Å². The SMILES string of the molecule is COC1CC(OCC(NC(C)=O)C(O)C(C)O)C(O)C(O)C1O. The van der Waals surface area contributed by atoms with Crippen LogP contribution >= 0.6 is 0 Å². The second-order valence-electron chi connectivity index (χ2n) is 5.89. The Balaban J connectivity index is 2.69.